The highest BCUT2D eigenvalue weighted by atomic mass is 19.4. The SMILES string of the molecule is CCc1cc(C(F)(F)F)ccc1C(C)C. The number of alkyl halides is 3. The average molecular weight is 216 g/mol. The minimum absolute atomic E-state index is 0.266. The molecule has 0 spiro atoms. The minimum atomic E-state index is -4.24. The highest BCUT2D eigenvalue weighted by Gasteiger charge is 2.30. The van der Waals surface area contributed by atoms with Crippen LogP contribution in [0, 0.1) is 0 Å². The zero-order chi connectivity index (χ0) is 11.6. The largest absolute Gasteiger partial charge is 0.416 e. The summed E-state index contributed by atoms with van der Waals surface area (Å²) in [6, 6.07) is 4.01. The summed E-state index contributed by atoms with van der Waals surface area (Å²) in [5.41, 5.74) is 1.24. The van der Waals surface area contributed by atoms with Crippen LogP contribution in [0.4, 0.5) is 13.2 Å². The van der Waals surface area contributed by atoms with E-state index in [1.807, 2.05) is 20.8 Å². The van der Waals surface area contributed by atoms with Crippen LogP contribution in [0.3, 0.4) is 0 Å². The Balaban J connectivity index is 3.19. The van der Waals surface area contributed by atoms with E-state index in [1.165, 1.54) is 6.07 Å². The molecule has 1 aromatic rings. The Hall–Kier alpha value is -0.990. The number of aryl methyl sites for hydroxylation is 1. The van der Waals surface area contributed by atoms with Gasteiger partial charge in [-0.05, 0) is 35.6 Å². The summed E-state index contributed by atoms with van der Waals surface area (Å²) in [5.74, 6) is 0.266. The normalized spacial score (nSPS) is 12.2. The molecule has 1 rings (SSSR count). The third-order valence-electron chi connectivity index (χ3n) is 2.47. The average Bonchev–Trinajstić information content (AvgIpc) is 2.15. The fourth-order valence-electron chi connectivity index (χ4n) is 1.65. The zero-order valence-corrected chi connectivity index (χ0v) is 9.15. The summed E-state index contributed by atoms with van der Waals surface area (Å²) in [6.07, 6.45) is -3.60. The second kappa shape index (κ2) is 4.25. The second-order valence-electron chi connectivity index (χ2n) is 3.92. The van der Waals surface area contributed by atoms with E-state index in [9.17, 15) is 13.2 Å². The van der Waals surface area contributed by atoms with Crippen molar-refractivity contribution < 1.29 is 13.2 Å². The lowest BCUT2D eigenvalue weighted by molar-refractivity contribution is -0.137. The number of halogens is 3. The molecule has 0 N–H and O–H groups in total. The molecule has 15 heavy (non-hydrogen) atoms. The van der Waals surface area contributed by atoms with Crippen molar-refractivity contribution in [1.82, 2.24) is 0 Å². The summed E-state index contributed by atoms with van der Waals surface area (Å²) >= 11 is 0. The Morgan fingerprint density at radius 1 is 1.20 bits per heavy atom. The van der Waals surface area contributed by atoms with Crippen LogP contribution in [0.5, 0.6) is 0 Å². The first-order chi connectivity index (χ1) is 6.86. The van der Waals surface area contributed by atoms with Gasteiger partial charge >= 0.3 is 6.18 Å². The van der Waals surface area contributed by atoms with Crippen LogP contribution in [0.2, 0.25) is 0 Å². The van der Waals surface area contributed by atoms with Crippen LogP contribution >= 0.6 is 0 Å². The van der Waals surface area contributed by atoms with Gasteiger partial charge in [0.05, 0.1) is 5.56 Å². The lowest BCUT2D eigenvalue weighted by Gasteiger charge is -2.14. The van der Waals surface area contributed by atoms with Crippen LogP contribution in [-0.2, 0) is 12.6 Å². The van der Waals surface area contributed by atoms with Gasteiger partial charge in [0.1, 0.15) is 0 Å². The van der Waals surface area contributed by atoms with E-state index in [0.29, 0.717) is 6.42 Å². The molecule has 0 unspecified atom stereocenters. The molecule has 3 heteroatoms. The molecular weight excluding hydrogens is 201 g/mol. The molecule has 0 atom stereocenters. The molecule has 0 bridgehead atoms. The third kappa shape index (κ3) is 2.74. The maximum atomic E-state index is 12.4. The molecule has 0 aliphatic heterocycles. The van der Waals surface area contributed by atoms with Gasteiger partial charge in [-0.25, -0.2) is 0 Å². The lowest BCUT2D eigenvalue weighted by Crippen LogP contribution is -2.07. The van der Waals surface area contributed by atoms with Crippen LogP contribution < -0.4 is 0 Å². The van der Waals surface area contributed by atoms with Crippen LogP contribution in [0.25, 0.3) is 0 Å². The van der Waals surface area contributed by atoms with E-state index >= 15 is 0 Å². The van der Waals surface area contributed by atoms with E-state index in [-0.39, 0.29) is 5.92 Å². The number of hydrogen-bond donors (Lipinski definition) is 0. The monoisotopic (exact) mass is 216 g/mol. The van der Waals surface area contributed by atoms with Gasteiger partial charge < -0.3 is 0 Å². The van der Waals surface area contributed by atoms with Crippen molar-refractivity contribution in [1.29, 1.82) is 0 Å². The molecule has 0 saturated heterocycles. The Bertz CT molecular complexity index is 337. The van der Waals surface area contributed by atoms with Gasteiger partial charge in [0.2, 0.25) is 0 Å². The summed E-state index contributed by atoms with van der Waals surface area (Å²) in [4.78, 5) is 0. The molecular formula is C12H15F3. The molecule has 0 heterocycles. The topological polar surface area (TPSA) is 0 Å². The lowest BCUT2D eigenvalue weighted by atomic mass is 9.94. The fraction of sp³-hybridized carbons (Fsp3) is 0.500. The van der Waals surface area contributed by atoms with Gasteiger partial charge in [-0.2, -0.15) is 13.2 Å². The van der Waals surface area contributed by atoms with Crippen molar-refractivity contribution in [3.05, 3.63) is 34.9 Å². The molecule has 0 aliphatic carbocycles. The van der Waals surface area contributed by atoms with Crippen molar-refractivity contribution in [3.63, 3.8) is 0 Å². The Labute approximate surface area is 88.1 Å². The first kappa shape index (κ1) is 12.1. The predicted molar refractivity (Wildman–Crippen MR) is 54.9 cm³/mol. The third-order valence-corrected chi connectivity index (χ3v) is 2.47. The van der Waals surface area contributed by atoms with Gasteiger partial charge in [0.15, 0.2) is 0 Å². The fourth-order valence-corrected chi connectivity index (χ4v) is 1.65. The van der Waals surface area contributed by atoms with Crippen molar-refractivity contribution in [2.75, 3.05) is 0 Å². The summed E-state index contributed by atoms with van der Waals surface area (Å²) in [7, 11) is 0. The summed E-state index contributed by atoms with van der Waals surface area (Å²) in [5, 5.41) is 0. The molecule has 0 aromatic heterocycles. The van der Waals surface area contributed by atoms with Crippen LogP contribution in [-0.4, -0.2) is 0 Å². The molecule has 0 amide bonds. The smallest absolute Gasteiger partial charge is 0.166 e. The number of rotatable bonds is 2. The van der Waals surface area contributed by atoms with E-state index in [0.717, 1.165) is 17.2 Å². The van der Waals surface area contributed by atoms with Gasteiger partial charge in [-0.1, -0.05) is 26.8 Å². The van der Waals surface area contributed by atoms with E-state index in [2.05, 4.69) is 0 Å². The van der Waals surface area contributed by atoms with Crippen molar-refractivity contribution in [2.45, 2.75) is 39.3 Å². The first-order valence-electron chi connectivity index (χ1n) is 5.06. The van der Waals surface area contributed by atoms with Crippen molar-refractivity contribution in [3.8, 4) is 0 Å². The maximum absolute atomic E-state index is 12.4. The van der Waals surface area contributed by atoms with Gasteiger partial charge in [0, 0.05) is 0 Å². The predicted octanol–water partition coefficient (Wildman–Crippen LogP) is 4.39. The number of benzene rings is 1. The number of hydrogen-bond acceptors (Lipinski definition) is 0. The molecule has 0 saturated carbocycles. The van der Waals surface area contributed by atoms with Gasteiger partial charge in [-0.15, -0.1) is 0 Å². The van der Waals surface area contributed by atoms with Crippen LogP contribution in [0.15, 0.2) is 18.2 Å². The molecule has 84 valence electrons. The Kier molecular flexibility index (Phi) is 3.42. The standard InChI is InChI=1S/C12H15F3/c1-4-9-7-10(12(13,14)15)5-6-11(9)8(2)3/h5-8H,4H2,1-3H3. The molecule has 1 aromatic carbocycles. The van der Waals surface area contributed by atoms with Crippen LogP contribution in [0.1, 0.15) is 43.4 Å². The Morgan fingerprint density at radius 3 is 2.20 bits per heavy atom. The molecule has 0 nitrogen and oxygen atoms in total. The van der Waals surface area contributed by atoms with E-state index in [1.54, 1.807) is 6.07 Å². The van der Waals surface area contributed by atoms with Gasteiger partial charge in [0.25, 0.3) is 0 Å². The highest BCUT2D eigenvalue weighted by Crippen LogP contribution is 2.32. The van der Waals surface area contributed by atoms with E-state index in [4.69, 9.17) is 0 Å². The maximum Gasteiger partial charge on any atom is 0.416 e. The molecule has 0 aliphatic rings. The van der Waals surface area contributed by atoms with Crippen molar-refractivity contribution >= 4 is 0 Å². The van der Waals surface area contributed by atoms with Gasteiger partial charge in [-0.3, -0.25) is 0 Å². The minimum Gasteiger partial charge on any atom is -0.166 e. The quantitative estimate of drug-likeness (QED) is 0.687. The zero-order valence-electron chi connectivity index (χ0n) is 9.15. The summed E-state index contributed by atoms with van der Waals surface area (Å²) in [6.45, 7) is 5.85. The molecule has 0 fully saturated rings. The summed E-state index contributed by atoms with van der Waals surface area (Å²) < 4.78 is 37.3. The van der Waals surface area contributed by atoms with E-state index < -0.39 is 11.7 Å². The molecule has 0 radical (unpaired) electrons. The second-order valence-corrected chi connectivity index (χ2v) is 3.92. The highest BCUT2D eigenvalue weighted by molar-refractivity contribution is 5.35. The van der Waals surface area contributed by atoms with Crippen molar-refractivity contribution in [2.24, 2.45) is 0 Å². The Morgan fingerprint density at radius 2 is 1.80 bits per heavy atom. The first-order valence-corrected chi connectivity index (χ1v) is 5.06.